The van der Waals surface area contributed by atoms with E-state index in [0.29, 0.717) is 5.56 Å². The molecule has 1 amide bonds. The van der Waals surface area contributed by atoms with E-state index in [4.69, 9.17) is 5.11 Å². The molecule has 1 unspecified atom stereocenters. The minimum Gasteiger partial charge on any atom is -0.481 e. The number of carboxylic acid groups (broad SMARTS) is 1. The normalized spacial score (nSPS) is 11.7. The summed E-state index contributed by atoms with van der Waals surface area (Å²) in [6.07, 6.45) is 1.43. The van der Waals surface area contributed by atoms with Crippen molar-refractivity contribution in [2.75, 3.05) is 0 Å². The minimum absolute atomic E-state index is 0.128. The predicted octanol–water partition coefficient (Wildman–Crippen LogP) is 1.63. The van der Waals surface area contributed by atoms with Crippen LogP contribution in [-0.4, -0.2) is 28.0 Å². The average molecular weight is 300 g/mol. The Morgan fingerprint density at radius 1 is 1.18 bits per heavy atom. The zero-order valence-electron chi connectivity index (χ0n) is 12.0. The van der Waals surface area contributed by atoms with Crippen LogP contribution in [-0.2, 0) is 4.79 Å². The summed E-state index contributed by atoms with van der Waals surface area (Å²) >= 11 is 0. The van der Waals surface area contributed by atoms with Gasteiger partial charge in [0, 0.05) is 23.9 Å². The van der Waals surface area contributed by atoms with Crippen molar-refractivity contribution >= 4 is 11.9 Å². The summed E-state index contributed by atoms with van der Waals surface area (Å²) in [5.74, 6) is -1.29. The van der Waals surface area contributed by atoms with Crippen LogP contribution >= 0.6 is 0 Å². The number of hydrogen-bond acceptors (Lipinski definition) is 3. The highest BCUT2D eigenvalue weighted by molar-refractivity contribution is 5.95. The van der Waals surface area contributed by atoms with Crippen molar-refractivity contribution in [3.8, 4) is 11.1 Å². The molecule has 1 heterocycles. The first-order valence-corrected chi connectivity index (χ1v) is 6.77. The second-order valence-electron chi connectivity index (χ2n) is 4.99. The second kappa shape index (κ2) is 6.71. The topological polar surface area (TPSA) is 99.3 Å². The lowest BCUT2D eigenvalue weighted by Crippen LogP contribution is -2.34. The van der Waals surface area contributed by atoms with E-state index in [9.17, 15) is 14.4 Å². The van der Waals surface area contributed by atoms with E-state index < -0.39 is 12.0 Å². The lowest BCUT2D eigenvalue weighted by molar-refractivity contribution is -0.137. The van der Waals surface area contributed by atoms with Crippen LogP contribution in [0.3, 0.4) is 0 Å². The second-order valence-corrected chi connectivity index (χ2v) is 4.99. The number of carboxylic acids is 1. The lowest BCUT2D eigenvalue weighted by atomic mass is 10.0. The van der Waals surface area contributed by atoms with Gasteiger partial charge in [0.15, 0.2) is 0 Å². The van der Waals surface area contributed by atoms with Gasteiger partial charge in [-0.1, -0.05) is 12.1 Å². The largest absolute Gasteiger partial charge is 0.481 e. The number of rotatable bonds is 5. The van der Waals surface area contributed by atoms with E-state index in [-0.39, 0.29) is 17.9 Å². The zero-order valence-corrected chi connectivity index (χ0v) is 12.0. The molecule has 0 spiro atoms. The Morgan fingerprint density at radius 2 is 1.86 bits per heavy atom. The Morgan fingerprint density at radius 3 is 2.45 bits per heavy atom. The maximum Gasteiger partial charge on any atom is 0.305 e. The third kappa shape index (κ3) is 4.05. The first kappa shape index (κ1) is 15.5. The first-order chi connectivity index (χ1) is 10.5. The van der Waals surface area contributed by atoms with Crippen molar-refractivity contribution in [3.05, 3.63) is 58.5 Å². The van der Waals surface area contributed by atoms with Crippen LogP contribution in [0.1, 0.15) is 23.7 Å². The molecule has 0 saturated heterocycles. The average Bonchev–Trinajstić information content (AvgIpc) is 2.46. The van der Waals surface area contributed by atoms with Gasteiger partial charge in [-0.05, 0) is 36.2 Å². The first-order valence-electron chi connectivity index (χ1n) is 6.77. The molecule has 0 radical (unpaired) electrons. The number of aromatic nitrogens is 1. The van der Waals surface area contributed by atoms with Crippen LogP contribution in [0.15, 0.2) is 47.4 Å². The number of carbonyl (C=O) groups is 2. The fourth-order valence-electron chi connectivity index (χ4n) is 2.06. The number of H-pyrrole nitrogens is 1. The molecule has 2 rings (SSSR count). The van der Waals surface area contributed by atoms with Crippen LogP contribution in [0.2, 0.25) is 0 Å². The van der Waals surface area contributed by atoms with Gasteiger partial charge in [-0.2, -0.15) is 0 Å². The van der Waals surface area contributed by atoms with Crippen LogP contribution in [0.4, 0.5) is 0 Å². The number of hydrogen-bond donors (Lipinski definition) is 3. The molecule has 0 bridgehead atoms. The molecule has 0 aliphatic heterocycles. The zero-order chi connectivity index (χ0) is 16.1. The number of carbonyl (C=O) groups excluding carboxylic acids is 1. The van der Waals surface area contributed by atoms with Gasteiger partial charge >= 0.3 is 5.97 Å². The quantitative estimate of drug-likeness (QED) is 0.781. The van der Waals surface area contributed by atoms with Crippen molar-refractivity contribution in [2.24, 2.45) is 0 Å². The van der Waals surface area contributed by atoms with Gasteiger partial charge in [0.1, 0.15) is 0 Å². The summed E-state index contributed by atoms with van der Waals surface area (Å²) in [6.45, 7) is 1.64. The van der Waals surface area contributed by atoms with E-state index in [1.165, 1.54) is 6.07 Å². The fourth-order valence-corrected chi connectivity index (χ4v) is 2.06. The molecular formula is C16H16N2O4. The molecule has 1 aromatic heterocycles. The van der Waals surface area contributed by atoms with E-state index in [1.54, 1.807) is 43.5 Å². The van der Waals surface area contributed by atoms with E-state index >= 15 is 0 Å². The number of aromatic amines is 1. The van der Waals surface area contributed by atoms with Crippen molar-refractivity contribution in [1.29, 1.82) is 0 Å². The minimum atomic E-state index is -0.961. The monoisotopic (exact) mass is 300 g/mol. The van der Waals surface area contributed by atoms with Crippen molar-refractivity contribution in [2.45, 2.75) is 19.4 Å². The van der Waals surface area contributed by atoms with E-state index in [0.717, 1.165) is 11.1 Å². The number of aliphatic carboxylic acids is 1. The summed E-state index contributed by atoms with van der Waals surface area (Å²) in [4.78, 5) is 36.4. The van der Waals surface area contributed by atoms with Gasteiger partial charge < -0.3 is 15.4 Å². The molecule has 0 fully saturated rings. The van der Waals surface area contributed by atoms with Crippen LogP contribution < -0.4 is 10.9 Å². The molecule has 0 aliphatic rings. The molecule has 22 heavy (non-hydrogen) atoms. The highest BCUT2D eigenvalue weighted by atomic mass is 16.4. The van der Waals surface area contributed by atoms with Gasteiger partial charge in [-0.3, -0.25) is 14.4 Å². The Labute approximate surface area is 126 Å². The van der Waals surface area contributed by atoms with Gasteiger partial charge in [-0.25, -0.2) is 0 Å². The summed E-state index contributed by atoms with van der Waals surface area (Å²) in [5, 5.41) is 11.3. The van der Waals surface area contributed by atoms with Gasteiger partial charge in [0.2, 0.25) is 5.56 Å². The number of nitrogens with one attached hydrogen (secondary N) is 2. The summed E-state index contributed by atoms with van der Waals surface area (Å²) in [5.41, 5.74) is 1.82. The van der Waals surface area contributed by atoms with Crippen molar-refractivity contribution < 1.29 is 14.7 Å². The molecule has 3 N–H and O–H groups in total. The summed E-state index contributed by atoms with van der Waals surface area (Å²) in [6, 6.07) is 9.56. The van der Waals surface area contributed by atoms with E-state index in [2.05, 4.69) is 10.3 Å². The van der Waals surface area contributed by atoms with Gasteiger partial charge in [0.25, 0.3) is 5.91 Å². The smallest absolute Gasteiger partial charge is 0.305 e. The maximum absolute atomic E-state index is 12.0. The van der Waals surface area contributed by atoms with Gasteiger partial charge in [0.05, 0.1) is 6.42 Å². The molecule has 1 atom stereocenters. The highest BCUT2D eigenvalue weighted by Gasteiger charge is 2.12. The molecule has 0 saturated carbocycles. The molecule has 0 aliphatic carbocycles. The van der Waals surface area contributed by atoms with E-state index in [1.807, 2.05) is 0 Å². The van der Waals surface area contributed by atoms with Crippen LogP contribution in [0.25, 0.3) is 11.1 Å². The number of benzene rings is 1. The SMILES string of the molecule is CC(CC(=O)O)NC(=O)c1ccc(-c2cc[nH]c(=O)c2)cc1. The predicted molar refractivity (Wildman–Crippen MR) is 81.7 cm³/mol. The molecule has 1 aromatic carbocycles. The molecule has 6 nitrogen and oxygen atoms in total. The summed E-state index contributed by atoms with van der Waals surface area (Å²) in [7, 11) is 0. The van der Waals surface area contributed by atoms with Crippen LogP contribution in [0.5, 0.6) is 0 Å². The number of pyridine rings is 1. The maximum atomic E-state index is 12.0. The summed E-state index contributed by atoms with van der Waals surface area (Å²) < 4.78 is 0. The molecular weight excluding hydrogens is 284 g/mol. The highest BCUT2D eigenvalue weighted by Crippen LogP contribution is 2.17. The molecule has 114 valence electrons. The number of amides is 1. The Hall–Kier alpha value is -2.89. The Balaban J connectivity index is 2.10. The third-order valence-electron chi connectivity index (χ3n) is 3.11. The Kier molecular flexibility index (Phi) is 4.73. The molecule has 6 heteroatoms. The van der Waals surface area contributed by atoms with Crippen molar-refractivity contribution in [1.82, 2.24) is 10.3 Å². The standard InChI is InChI=1S/C16H16N2O4/c1-10(8-15(20)21)18-16(22)12-4-2-11(3-5-12)13-6-7-17-14(19)9-13/h2-7,9-10H,8H2,1H3,(H,17,19)(H,18,22)(H,20,21). The van der Waals surface area contributed by atoms with Gasteiger partial charge in [-0.15, -0.1) is 0 Å². The Bertz CT molecular complexity index is 734. The van der Waals surface area contributed by atoms with Crippen molar-refractivity contribution in [3.63, 3.8) is 0 Å². The van der Waals surface area contributed by atoms with Crippen LogP contribution in [0, 0.1) is 0 Å². The lowest BCUT2D eigenvalue weighted by Gasteiger charge is -2.11. The molecule has 2 aromatic rings. The fraction of sp³-hybridized carbons (Fsp3) is 0.188. The third-order valence-corrected chi connectivity index (χ3v) is 3.11.